The number of rotatable bonds is 2. The van der Waals surface area contributed by atoms with Crippen LogP contribution in [0.2, 0.25) is 0 Å². The molecule has 1 aromatic heterocycles. The minimum atomic E-state index is 0.730. The minimum absolute atomic E-state index is 0.730. The van der Waals surface area contributed by atoms with Gasteiger partial charge in [0.25, 0.3) is 0 Å². The van der Waals surface area contributed by atoms with Crippen LogP contribution in [0.4, 0.5) is 5.95 Å². The standard InChI is InChI=1S/C9H16N4S/c1-2-13-8(10-11-9(13)14)12-6-4-3-5-7-12/h2-7H2,1H3,(H,11,14). The second kappa shape index (κ2) is 4.13. The molecule has 0 aromatic carbocycles. The lowest BCUT2D eigenvalue weighted by atomic mass is 10.1. The largest absolute Gasteiger partial charge is 0.341 e. The summed E-state index contributed by atoms with van der Waals surface area (Å²) in [5, 5.41) is 7.14. The normalized spacial score (nSPS) is 17.4. The van der Waals surface area contributed by atoms with Crippen LogP contribution < -0.4 is 4.90 Å². The quantitative estimate of drug-likeness (QED) is 0.761. The summed E-state index contributed by atoms with van der Waals surface area (Å²) in [7, 11) is 0. The molecule has 2 heterocycles. The molecule has 1 fully saturated rings. The van der Waals surface area contributed by atoms with Gasteiger partial charge in [-0.3, -0.25) is 4.57 Å². The monoisotopic (exact) mass is 212 g/mol. The van der Waals surface area contributed by atoms with Gasteiger partial charge in [-0.1, -0.05) is 0 Å². The summed E-state index contributed by atoms with van der Waals surface area (Å²) in [5.41, 5.74) is 0. The van der Waals surface area contributed by atoms with Gasteiger partial charge in [0, 0.05) is 19.6 Å². The molecule has 0 spiro atoms. The summed E-state index contributed by atoms with van der Waals surface area (Å²) in [4.78, 5) is 2.32. The molecule has 0 unspecified atom stereocenters. The van der Waals surface area contributed by atoms with E-state index in [0.29, 0.717) is 0 Å². The molecule has 0 amide bonds. The highest BCUT2D eigenvalue weighted by molar-refractivity contribution is 7.71. The first-order valence-electron chi connectivity index (χ1n) is 5.23. The predicted octanol–water partition coefficient (Wildman–Crippen LogP) is 1.95. The van der Waals surface area contributed by atoms with Gasteiger partial charge in [0.2, 0.25) is 5.95 Å². The fourth-order valence-electron chi connectivity index (χ4n) is 1.93. The Morgan fingerprint density at radius 1 is 1.36 bits per heavy atom. The van der Waals surface area contributed by atoms with E-state index in [-0.39, 0.29) is 0 Å². The number of anilines is 1. The maximum Gasteiger partial charge on any atom is 0.225 e. The lowest BCUT2D eigenvalue weighted by molar-refractivity contribution is 0.556. The van der Waals surface area contributed by atoms with Crippen LogP contribution in [0.15, 0.2) is 0 Å². The molecular weight excluding hydrogens is 196 g/mol. The van der Waals surface area contributed by atoms with Crippen LogP contribution in [0, 0.1) is 4.77 Å². The molecule has 0 atom stereocenters. The number of aromatic nitrogens is 3. The van der Waals surface area contributed by atoms with Crippen molar-refractivity contribution < 1.29 is 0 Å². The van der Waals surface area contributed by atoms with Crippen LogP contribution in [-0.2, 0) is 6.54 Å². The summed E-state index contributed by atoms with van der Waals surface area (Å²) in [6, 6.07) is 0. The highest BCUT2D eigenvalue weighted by Crippen LogP contribution is 2.17. The van der Waals surface area contributed by atoms with E-state index in [2.05, 4.69) is 26.6 Å². The molecule has 14 heavy (non-hydrogen) atoms. The summed E-state index contributed by atoms with van der Waals surface area (Å²) < 4.78 is 2.79. The zero-order valence-corrected chi connectivity index (χ0v) is 9.31. The maximum atomic E-state index is 5.16. The van der Waals surface area contributed by atoms with Crippen LogP contribution in [0.5, 0.6) is 0 Å². The van der Waals surface area contributed by atoms with Crippen molar-refractivity contribution in [2.24, 2.45) is 0 Å². The number of nitrogens with zero attached hydrogens (tertiary/aromatic N) is 3. The van der Waals surface area contributed by atoms with Crippen LogP contribution in [0.3, 0.4) is 0 Å². The van der Waals surface area contributed by atoms with Crippen molar-refractivity contribution in [1.29, 1.82) is 0 Å². The molecule has 4 nitrogen and oxygen atoms in total. The average Bonchev–Trinajstić information content (AvgIpc) is 2.61. The predicted molar refractivity (Wildman–Crippen MR) is 59.1 cm³/mol. The third-order valence-electron chi connectivity index (χ3n) is 2.69. The summed E-state index contributed by atoms with van der Waals surface area (Å²) in [5.74, 6) is 1.01. The number of piperidine rings is 1. The van der Waals surface area contributed by atoms with E-state index in [1.807, 2.05) is 0 Å². The molecule has 1 aliphatic heterocycles. The zero-order chi connectivity index (χ0) is 9.97. The van der Waals surface area contributed by atoms with Crippen molar-refractivity contribution in [2.75, 3.05) is 18.0 Å². The van der Waals surface area contributed by atoms with E-state index in [1.54, 1.807) is 0 Å². The molecule has 0 radical (unpaired) electrons. The van der Waals surface area contributed by atoms with Gasteiger partial charge in [-0.15, -0.1) is 5.10 Å². The maximum absolute atomic E-state index is 5.16. The van der Waals surface area contributed by atoms with Crippen LogP contribution in [0.1, 0.15) is 26.2 Å². The fourth-order valence-corrected chi connectivity index (χ4v) is 2.19. The number of hydrogen-bond acceptors (Lipinski definition) is 3. The van der Waals surface area contributed by atoms with Crippen molar-refractivity contribution in [3.63, 3.8) is 0 Å². The molecule has 0 saturated carbocycles. The first-order valence-corrected chi connectivity index (χ1v) is 5.64. The molecule has 0 aliphatic carbocycles. The fraction of sp³-hybridized carbons (Fsp3) is 0.778. The summed E-state index contributed by atoms with van der Waals surface area (Å²) in [6.45, 7) is 5.21. The van der Waals surface area contributed by atoms with E-state index >= 15 is 0 Å². The molecule has 2 rings (SSSR count). The van der Waals surface area contributed by atoms with Gasteiger partial charge in [0.1, 0.15) is 0 Å². The topological polar surface area (TPSA) is 36.9 Å². The third kappa shape index (κ3) is 1.68. The molecule has 0 bridgehead atoms. The van der Waals surface area contributed by atoms with Gasteiger partial charge in [0.05, 0.1) is 0 Å². The minimum Gasteiger partial charge on any atom is -0.341 e. The van der Waals surface area contributed by atoms with Crippen molar-refractivity contribution >= 4 is 18.2 Å². The molecule has 5 heteroatoms. The Balaban J connectivity index is 2.25. The molecule has 1 aromatic rings. The molecule has 1 aliphatic rings. The Kier molecular flexibility index (Phi) is 2.86. The van der Waals surface area contributed by atoms with Crippen molar-refractivity contribution in [2.45, 2.75) is 32.7 Å². The van der Waals surface area contributed by atoms with Gasteiger partial charge in [0.15, 0.2) is 4.77 Å². The second-order valence-electron chi connectivity index (χ2n) is 3.62. The van der Waals surface area contributed by atoms with Crippen molar-refractivity contribution in [3.05, 3.63) is 4.77 Å². The molecular formula is C9H16N4S. The number of aromatic amines is 1. The van der Waals surface area contributed by atoms with Crippen LogP contribution in [0.25, 0.3) is 0 Å². The van der Waals surface area contributed by atoms with E-state index in [1.165, 1.54) is 19.3 Å². The van der Waals surface area contributed by atoms with Crippen LogP contribution in [-0.4, -0.2) is 27.9 Å². The van der Waals surface area contributed by atoms with Gasteiger partial charge in [-0.05, 0) is 38.4 Å². The van der Waals surface area contributed by atoms with E-state index < -0.39 is 0 Å². The highest BCUT2D eigenvalue weighted by atomic mass is 32.1. The third-order valence-corrected chi connectivity index (χ3v) is 3.00. The lowest BCUT2D eigenvalue weighted by Gasteiger charge is -2.27. The number of H-pyrrole nitrogens is 1. The highest BCUT2D eigenvalue weighted by Gasteiger charge is 2.15. The Labute approximate surface area is 88.9 Å². The lowest BCUT2D eigenvalue weighted by Crippen LogP contribution is -2.31. The van der Waals surface area contributed by atoms with Gasteiger partial charge in [-0.25, -0.2) is 5.10 Å². The first kappa shape index (κ1) is 9.71. The first-order chi connectivity index (χ1) is 6.83. The summed E-state index contributed by atoms with van der Waals surface area (Å²) >= 11 is 5.16. The SMILES string of the molecule is CCn1c(N2CCCCC2)n[nH]c1=S. The number of hydrogen-bond donors (Lipinski definition) is 1. The van der Waals surface area contributed by atoms with E-state index in [4.69, 9.17) is 12.2 Å². The van der Waals surface area contributed by atoms with Crippen molar-refractivity contribution in [3.8, 4) is 0 Å². The molecule has 1 N–H and O–H groups in total. The van der Waals surface area contributed by atoms with Crippen molar-refractivity contribution in [1.82, 2.24) is 14.8 Å². The molecule has 78 valence electrons. The zero-order valence-electron chi connectivity index (χ0n) is 8.49. The summed E-state index contributed by atoms with van der Waals surface area (Å²) in [6.07, 6.45) is 3.88. The van der Waals surface area contributed by atoms with Crippen LogP contribution >= 0.6 is 12.2 Å². The number of nitrogens with one attached hydrogen (secondary N) is 1. The Morgan fingerprint density at radius 3 is 2.71 bits per heavy atom. The van der Waals surface area contributed by atoms with Gasteiger partial charge < -0.3 is 4.90 Å². The van der Waals surface area contributed by atoms with Gasteiger partial charge in [-0.2, -0.15) is 0 Å². The van der Waals surface area contributed by atoms with Gasteiger partial charge >= 0.3 is 0 Å². The Bertz CT molecular complexity index is 348. The average molecular weight is 212 g/mol. The molecule has 1 saturated heterocycles. The van der Waals surface area contributed by atoms with E-state index in [9.17, 15) is 0 Å². The second-order valence-corrected chi connectivity index (χ2v) is 4.01. The Morgan fingerprint density at radius 2 is 2.07 bits per heavy atom. The smallest absolute Gasteiger partial charge is 0.225 e. The Hall–Kier alpha value is -0.840. The van der Waals surface area contributed by atoms with E-state index in [0.717, 1.165) is 30.4 Å².